The largest absolute Gasteiger partial charge is 0.493 e. The van der Waals surface area contributed by atoms with E-state index < -0.39 is 0 Å². The SMILES string of the molecule is O=C(c1cncc(NC[C@H]2COc3ccccc3C2)n1)N1CCCCC1. The minimum atomic E-state index is -0.0178. The highest BCUT2D eigenvalue weighted by molar-refractivity contribution is 5.92. The first-order valence-electron chi connectivity index (χ1n) is 9.35. The van der Waals surface area contributed by atoms with Crippen LogP contribution in [0.4, 0.5) is 5.82 Å². The summed E-state index contributed by atoms with van der Waals surface area (Å²) < 4.78 is 5.83. The summed E-state index contributed by atoms with van der Waals surface area (Å²) in [5, 5.41) is 3.32. The molecule has 136 valence electrons. The van der Waals surface area contributed by atoms with Crippen molar-refractivity contribution < 1.29 is 9.53 Å². The van der Waals surface area contributed by atoms with Crippen LogP contribution in [0.5, 0.6) is 5.75 Å². The van der Waals surface area contributed by atoms with Crippen LogP contribution in [0.25, 0.3) is 0 Å². The Kier molecular flexibility index (Phi) is 5.00. The van der Waals surface area contributed by atoms with Crippen LogP contribution in [-0.4, -0.2) is 47.0 Å². The summed E-state index contributed by atoms with van der Waals surface area (Å²) in [6.45, 7) is 3.06. The van der Waals surface area contributed by atoms with Crippen molar-refractivity contribution in [3.05, 3.63) is 47.9 Å². The zero-order valence-corrected chi connectivity index (χ0v) is 14.9. The van der Waals surface area contributed by atoms with Crippen molar-refractivity contribution in [1.82, 2.24) is 14.9 Å². The molecule has 1 aromatic heterocycles. The fraction of sp³-hybridized carbons (Fsp3) is 0.450. The molecule has 0 radical (unpaired) electrons. The highest BCUT2D eigenvalue weighted by Gasteiger charge is 2.21. The van der Waals surface area contributed by atoms with E-state index in [0.29, 0.717) is 24.0 Å². The van der Waals surface area contributed by atoms with Gasteiger partial charge in [0.1, 0.15) is 17.3 Å². The van der Waals surface area contributed by atoms with Gasteiger partial charge in [-0.2, -0.15) is 0 Å². The third-order valence-corrected chi connectivity index (χ3v) is 5.02. The number of hydrogen-bond donors (Lipinski definition) is 1. The Bertz CT molecular complexity index is 774. The van der Waals surface area contributed by atoms with Crippen molar-refractivity contribution in [2.75, 3.05) is 31.6 Å². The number of nitrogens with zero attached hydrogens (tertiary/aromatic N) is 3. The predicted molar refractivity (Wildman–Crippen MR) is 99.4 cm³/mol. The number of ether oxygens (including phenoxy) is 1. The Labute approximate surface area is 153 Å². The number of nitrogens with one attached hydrogen (secondary N) is 1. The van der Waals surface area contributed by atoms with Crippen molar-refractivity contribution in [2.24, 2.45) is 5.92 Å². The first-order chi connectivity index (χ1) is 12.8. The van der Waals surface area contributed by atoms with Crippen LogP contribution in [0.15, 0.2) is 36.7 Å². The number of carbonyl (C=O) groups is 1. The van der Waals surface area contributed by atoms with Crippen molar-refractivity contribution in [2.45, 2.75) is 25.7 Å². The van der Waals surface area contributed by atoms with E-state index in [0.717, 1.165) is 44.6 Å². The Morgan fingerprint density at radius 1 is 1.19 bits per heavy atom. The van der Waals surface area contributed by atoms with E-state index in [1.807, 2.05) is 23.1 Å². The molecule has 6 nitrogen and oxygen atoms in total. The second-order valence-electron chi connectivity index (χ2n) is 7.01. The van der Waals surface area contributed by atoms with Crippen LogP contribution in [0, 0.1) is 5.92 Å². The summed E-state index contributed by atoms with van der Waals surface area (Å²) in [6.07, 6.45) is 7.54. The lowest BCUT2D eigenvalue weighted by Gasteiger charge is -2.26. The van der Waals surface area contributed by atoms with E-state index in [1.54, 1.807) is 12.4 Å². The van der Waals surface area contributed by atoms with E-state index in [-0.39, 0.29) is 5.91 Å². The van der Waals surface area contributed by atoms with Gasteiger partial charge < -0.3 is 15.0 Å². The van der Waals surface area contributed by atoms with Gasteiger partial charge in [0.05, 0.1) is 19.0 Å². The molecular formula is C20H24N4O2. The zero-order valence-electron chi connectivity index (χ0n) is 14.9. The number of hydrogen-bond acceptors (Lipinski definition) is 5. The van der Waals surface area contributed by atoms with Crippen molar-refractivity contribution in [3.63, 3.8) is 0 Å². The van der Waals surface area contributed by atoms with Gasteiger partial charge in [-0.1, -0.05) is 18.2 Å². The van der Waals surface area contributed by atoms with Gasteiger partial charge in [-0.15, -0.1) is 0 Å². The molecule has 4 rings (SSSR count). The van der Waals surface area contributed by atoms with E-state index in [1.165, 1.54) is 12.0 Å². The molecule has 0 saturated carbocycles. The van der Waals surface area contributed by atoms with E-state index in [4.69, 9.17) is 4.74 Å². The lowest BCUT2D eigenvalue weighted by atomic mass is 9.97. The lowest BCUT2D eigenvalue weighted by Crippen LogP contribution is -2.36. The fourth-order valence-corrected chi connectivity index (χ4v) is 3.58. The number of rotatable bonds is 4. The molecule has 3 heterocycles. The molecule has 1 atom stereocenters. The molecule has 1 aromatic carbocycles. The summed E-state index contributed by atoms with van der Waals surface area (Å²) >= 11 is 0. The van der Waals surface area contributed by atoms with Crippen LogP contribution in [0.2, 0.25) is 0 Å². The van der Waals surface area contributed by atoms with Gasteiger partial charge in [0, 0.05) is 25.6 Å². The maximum atomic E-state index is 12.6. The molecular weight excluding hydrogens is 328 g/mol. The molecule has 2 aliphatic heterocycles. The average molecular weight is 352 g/mol. The highest BCUT2D eigenvalue weighted by Crippen LogP contribution is 2.26. The average Bonchev–Trinajstić information content (AvgIpc) is 2.72. The third-order valence-electron chi connectivity index (χ3n) is 5.02. The van der Waals surface area contributed by atoms with Gasteiger partial charge in [-0.05, 0) is 37.3 Å². The summed E-state index contributed by atoms with van der Waals surface area (Å²) in [5.74, 6) is 1.98. The Balaban J connectivity index is 1.36. The van der Waals surface area contributed by atoms with Crippen molar-refractivity contribution in [1.29, 1.82) is 0 Å². The van der Waals surface area contributed by atoms with E-state index in [2.05, 4.69) is 21.4 Å². The molecule has 0 bridgehead atoms. The van der Waals surface area contributed by atoms with Gasteiger partial charge >= 0.3 is 0 Å². The topological polar surface area (TPSA) is 67.3 Å². The number of amides is 1. The number of piperidine rings is 1. The van der Waals surface area contributed by atoms with Crippen molar-refractivity contribution >= 4 is 11.7 Å². The van der Waals surface area contributed by atoms with Gasteiger partial charge in [-0.25, -0.2) is 4.98 Å². The minimum Gasteiger partial charge on any atom is -0.493 e. The quantitative estimate of drug-likeness (QED) is 0.916. The van der Waals surface area contributed by atoms with Gasteiger partial charge in [0.25, 0.3) is 5.91 Å². The van der Waals surface area contributed by atoms with E-state index >= 15 is 0 Å². The summed E-state index contributed by atoms with van der Waals surface area (Å²) in [5.41, 5.74) is 1.66. The molecule has 1 amide bonds. The van der Waals surface area contributed by atoms with Crippen LogP contribution in [-0.2, 0) is 6.42 Å². The van der Waals surface area contributed by atoms with Gasteiger partial charge in [0.15, 0.2) is 0 Å². The molecule has 2 aliphatic rings. The summed E-state index contributed by atoms with van der Waals surface area (Å²) in [4.78, 5) is 23.1. The standard InChI is InChI=1S/C20H24N4O2/c25-20(24-8-4-1-5-9-24)17-12-21-13-19(23-17)22-11-15-10-16-6-2-3-7-18(16)26-14-15/h2-3,6-7,12-13,15H,1,4-5,8-11,14H2,(H,22,23)/t15-/m0/s1. The first-order valence-corrected chi connectivity index (χ1v) is 9.35. The van der Waals surface area contributed by atoms with Crippen LogP contribution in [0.3, 0.4) is 0 Å². The molecule has 2 aromatic rings. The maximum Gasteiger partial charge on any atom is 0.274 e. The van der Waals surface area contributed by atoms with Crippen LogP contribution >= 0.6 is 0 Å². The molecule has 0 spiro atoms. The molecule has 1 fully saturated rings. The minimum absolute atomic E-state index is 0.0178. The third kappa shape index (κ3) is 3.79. The number of likely N-dealkylation sites (tertiary alicyclic amines) is 1. The number of carbonyl (C=O) groups excluding carboxylic acids is 1. The molecule has 1 saturated heterocycles. The molecule has 0 aliphatic carbocycles. The summed E-state index contributed by atoms with van der Waals surface area (Å²) in [6, 6.07) is 8.16. The van der Waals surface area contributed by atoms with E-state index in [9.17, 15) is 4.79 Å². The lowest BCUT2D eigenvalue weighted by molar-refractivity contribution is 0.0718. The Hall–Kier alpha value is -2.63. The van der Waals surface area contributed by atoms with Crippen LogP contribution in [0.1, 0.15) is 35.3 Å². The number of fused-ring (bicyclic) bond motifs is 1. The first kappa shape index (κ1) is 16.8. The van der Waals surface area contributed by atoms with Crippen LogP contribution < -0.4 is 10.1 Å². The number of benzene rings is 1. The number of para-hydroxylation sites is 1. The molecule has 0 unspecified atom stereocenters. The molecule has 26 heavy (non-hydrogen) atoms. The fourth-order valence-electron chi connectivity index (χ4n) is 3.58. The Morgan fingerprint density at radius 3 is 2.92 bits per heavy atom. The van der Waals surface area contributed by atoms with Crippen molar-refractivity contribution in [3.8, 4) is 5.75 Å². The highest BCUT2D eigenvalue weighted by atomic mass is 16.5. The maximum absolute atomic E-state index is 12.6. The Morgan fingerprint density at radius 2 is 2.04 bits per heavy atom. The van der Waals surface area contributed by atoms with Gasteiger partial charge in [-0.3, -0.25) is 9.78 Å². The second kappa shape index (κ2) is 7.72. The number of aromatic nitrogens is 2. The predicted octanol–water partition coefficient (Wildman–Crippen LogP) is 2.77. The normalized spacial score (nSPS) is 19.4. The zero-order chi connectivity index (χ0) is 17.8. The monoisotopic (exact) mass is 352 g/mol. The molecule has 1 N–H and O–H groups in total. The molecule has 6 heteroatoms. The smallest absolute Gasteiger partial charge is 0.274 e. The van der Waals surface area contributed by atoms with Gasteiger partial charge in [0.2, 0.25) is 0 Å². The second-order valence-corrected chi connectivity index (χ2v) is 7.01. The summed E-state index contributed by atoms with van der Waals surface area (Å²) in [7, 11) is 0. The number of anilines is 1.